The molecule has 4 aliphatic heterocycles. The van der Waals surface area contributed by atoms with Crippen molar-refractivity contribution < 1.29 is 9.84 Å². The number of hydrogen-bond acceptors (Lipinski definition) is 4. The summed E-state index contributed by atoms with van der Waals surface area (Å²) in [5, 5.41) is 10.2. The molecule has 0 spiro atoms. The average Bonchev–Trinajstić information content (AvgIpc) is 3.11. The zero-order chi connectivity index (χ0) is 18.4. The van der Waals surface area contributed by atoms with Crippen LogP contribution in [0.2, 0.25) is 0 Å². The predicted molar refractivity (Wildman–Crippen MR) is 106 cm³/mol. The molecule has 0 aliphatic carbocycles. The molecule has 0 radical (unpaired) electrons. The van der Waals surface area contributed by atoms with Gasteiger partial charge in [-0.05, 0) is 55.1 Å². The summed E-state index contributed by atoms with van der Waals surface area (Å²) in [6.07, 6.45) is 2.65. The molecule has 0 saturated carbocycles. The van der Waals surface area contributed by atoms with Gasteiger partial charge in [-0.1, -0.05) is 36.4 Å². The molecule has 0 unspecified atom stereocenters. The van der Waals surface area contributed by atoms with Gasteiger partial charge in [0.1, 0.15) is 0 Å². The summed E-state index contributed by atoms with van der Waals surface area (Å²) in [4.78, 5) is 5.42. The third kappa shape index (κ3) is 2.91. The van der Waals surface area contributed by atoms with Crippen LogP contribution in [0.25, 0.3) is 0 Å². The monoisotopic (exact) mass is 364 g/mol. The molecule has 1 N–H and O–H groups in total. The highest BCUT2D eigenvalue weighted by atomic mass is 16.5. The number of ether oxygens (including phenoxy) is 1. The number of nitrogens with zero attached hydrogens (tertiary/aromatic N) is 2. The first-order chi connectivity index (χ1) is 13.2. The minimum atomic E-state index is 0.235. The van der Waals surface area contributed by atoms with Crippen molar-refractivity contribution >= 4 is 0 Å². The number of benzene rings is 2. The normalized spacial score (nSPS) is 32.4. The van der Waals surface area contributed by atoms with Crippen molar-refractivity contribution in [2.24, 2.45) is 5.92 Å². The van der Waals surface area contributed by atoms with Crippen LogP contribution in [0.3, 0.4) is 0 Å². The van der Waals surface area contributed by atoms with Gasteiger partial charge in [0.15, 0.2) is 11.5 Å². The summed E-state index contributed by atoms with van der Waals surface area (Å²) in [6, 6.07) is 18.1. The minimum Gasteiger partial charge on any atom is -0.504 e. The van der Waals surface area contributed by atoms with E-state index in [1.165, 1.54) is 31.5 Å². The fourth-order valence-electron chi connectivity index (χ4n) is 5.78. The van der Waals surface area contributed by atoms with Crippen LogP contribution in [-0.4, -0.2) is 53.7 Å². The van der Waals surface area contributed by atoms with Crippen LogP contribution in [-0.2, 0) is 6.54 Å². The van der Waals surface area contributed by atoms with E-state index in [1.54, 1.807) is 7.11 Å². The number of fused-ring (bicyclic) bond motifs is 2. The van der Waals surface area contributed by atoms with Crippen molar-refractivity contribution in [2.45, 2.75) is 37.4 Å². The first-order valence-electron chi connectivity index (χ1n) is 10.1. The van der Waals surface area contributed by atoms with Crippen molar-refractivity contribution in [3.05, 3.63) is 59.7 Å². The Morgan fingerprint density at radius 3 is 2.52 bits per heavy atom. The van der Waals surface area contributed by atoms with Crippen molar-refractivity contribution in [1.29, 1.82) is 0 Å². The maximum Gasteiger partial charge on any atom is 0.160 e. The largest absolute Gasteiger partial charge is 0.504 e. The van der Waals surface area contributed by atoms with Gasteiger partial charge in [0.2, 0.25) is 0 Å². The zero-order valence-electron chi connectivity index (χ0n) is 15.9. The molecule has 0 aromatic heterocycles. The fraction of sp³-hybridized carbons (Fsp3) is 0.478. The lowest BCUT2D eigenvalue weighted by Crippen LogP contribution is -2.59. The standard InChI is InChI=1S/C23H28N2O2/c1-27-21-8-7-16(13-20(21)26)14-25-15-19(17-5-3-2-4-6-17)23-22(25)18-9-11-24(23)12-10-18/h2-8,13,18-19,22-23,26H,9-12,14-15H2,1H3/t19-,22+,23+/m1/s1. The van der Waals surface area contributed by atoms with E-state index in [0.717, 1.165) is 24.6 Å². The number of rotatable bonds is 4. The smallest absolute Gasteiger partial charge is 0.160 e. The number of phenolic OH excluding ortho intramolecular Hbond substituents is 1. The Morgan fingerprint density at radius 2 is 1.81 bits per heavy atom. The van der Waals surface area contributed by atoms with E-state index in [4.69, 9.17) is 4.74 Å². The number of aromatic hydroxyl groups is 1. The molecule has 4 nitrogen and oxygen atoms in total. The molecule has 27 heavy (non-hydrogen) atoms. The summed E-state index contributed by atoms with van der Waals surface area (Å²) < 4.78 is 5.20. The van der Waals surface area contributed by atoms with Crippen molar-refractivity contribution in [3.63, 3.8) is 0 Å². The molecule has 3 atom stereocenters. The molecule has 0 amide bonds. The minimum absolute atomic E-state index is 0.235. The van der Waals surface area contributed by atoms with Crippen LogP contribution in [0.15, 0.2) is 48.5 Å². The molecule has 4 heterocycles. The van der Waals surface area contributed by atoms with Gasteiger partial charge in [0, 0.05) is 31.1 Å². The first kappa shape index (κ1) is 17.1. The third-order valence-electron chi connectivity index (χ3n) is 6.95. The van der Waals surface area contributed by atoms with Crippen molar-refractivity contribution in [3.8, 4) is 11.5 Å². The van der Waals surface area contributed by atoms with E-state index < -0.39 is 0 Å². The van der Waals surface area contributed by atoms with Crippen molar-refractivity contribution in [2.75, 3.05) is 26.7 Å². The molecular formula is C23H28N2O2. The molecule has 2 bridgehead atoms. The predicted octanol–water partition coefficient (Wildman–Crippen LogP) is 3.46. The maximum atomic E-state index is 10.2. The molecule has 4 heteroatoms. The van der Waals surface area contributed by atoms with Gasteiger partial charge < -0.3 is 9.84 Å². The second kappa shape index (κ2) is 6.84. The van der Waals surface area contributed by atoms with Gasteiger partial charge in [-0.25, -0.2) is 0 Å². The Bertz CT molecular complexity index is 801. The number of methoxy groups -OCH3 is 1. The zero-order valence-corrected chi connectivity index (χ0v) is 15.9. The van der Waals surface area contributed by atoms with E-state index in [1.807, 2.05) is 12.1 Å². The van der Waals surface area contributed by atoms with Crippen LogP contribution in [0.5, 0.6) is 11.5 Å². The van der Waals surface area contributed by atoms with Crippen LogP contribution in [0, 0.1) is 5.92 Å². The SMILES string of the molecule is COc1ccc(CN2C[C@H](c3ccccc3)[C@H]3[C@@H]2C2CCN3CC2)cc1O. The molecular weight excluding hydrogens is 336 g/mol. The summed E-state index contributed by atoms with van der Waals surface area (Å²) in [7, 11) is 1.59. The second-order valence-corrected chi connectivity index (χ2v) is 8.31. The highest BCUT2D eigenvalue weighted by molar-refractivity contribution is 5.42. The lowest BCUT2D eigenvalue weighted by atomic mass is 9.75. The molecule has 4 aliphatic rings. The maximum absolute atomic E-state index is 10.2. The van der Waals surface area contributed by atoms with Gasteiger partial charge in [-0.3, -0.25) is 9.80 Å². The summed E-state index contributed by atoms with van der Waals surface area (Å²) in [6.45, 7) is 4.50. The van der Waals surface area contributed by atoms with Gasteiger partial charge in [-0.15, -0.1) is 0 Å². The number of phenols is 1. The van der Waals surface area contributed by atoms with Crippen LogP contribution in [0.1, 0.15) is 29.9 Å². The van der Waals surface area contributed by atoms with E-state index >= 15 is 0 Å². The lowest BCUT2D eigenvalue weighted by molar-refractivity contribution is -0.00870. The molecule has 2 aromatic carbocycles. The Morgan fingerprint density at radius 1 is 1.04 bits per heavy atom. The first-order valence-corrected chi connectivity index (χ1v) is 10.1. The fourth-order valence-corrected chi connectivity index (χ4v) is 5.78. The Labute approximate surface area is 161 Å². The van der Waals surface area contributed by atoms with Gasteiger partial charge >= 0.3 is 0 Å². The Kier molecular flexibility index (Phi) is 4.33. The number of piperidine rings is 3. The molecule has 4 fully saturated rings. The number of hydrogen-bond donors (Lipinski definition) is 1. The molecule has 142 valence electrons. The van der Waals surface area contributed by atoms with E-state index in [-0.39, 0.29) is 5.75 Å². The Balaban J connectivity index is 1.45. The van der Waals surface area contributed by atoms with Crippen LogP contribution < -0.4 is 4.74 Å². The topological polar surface area (TPSA) is 35.9 Å². The van der Waals surface area contributed by atoms with Gasteiger partial charge in [0.05, 0.1) is 7.11 Å². The van der Waals surface area contributed by atoms with Crippen molar-refractivity contribution in [1.82, 2.24) is 9.80 Å². The highest BCUT2D eigenvalue weighted by Gasteiger charge is 2.53. The lowest BCUT2D eigenvalue weighted by Gasteiger charge is -2.51. The molecule has 2 aromatic rings. The third-order valence-corrected chi connectivity index (χ3v) is 6.95. The Hall–Kier alpha value is -2.04. The molecule has 4 saturated heterocycles. The quantitative estimate of drug-likeness (QED) is 0.901. The summed E-state index contributed by atoms with van der Waals surface area (Å²) >= 11 is 0. The average molecular weight is 364 g/mol. The van der Waals surface area contributed by atoms with Crippen LogP contribution >= 0.6 is 0 Å². The highest BCUT2D eigenvalue weighted by Crippen LogP contribution is 2.47. The van der Waals surface area contributed by atoms with E-state index in [9.17, 15) is 5.11 Å². The van der Waals surface area contributed by atoms with Gasteiger partial charge in [-0.2, -0.15) is 0 Å². The number of likely N-dealkylation sites (tertiary alicyclic amines) is 1. The van der Waals surface area contributed by atoms with E-state index in [0.29, 0.717) is 23.8 Å². The van der Waals surface area contributed by atoms with E-state index in [2.05, 4.69) is 46.2 Å². The summed E-state index contributed by atoms with van der Waals surface area (Å²) in [5.41, 5.74) is 2.64. The van der Waals surface area contributed by atoms with Crippen LogP contribution in [0.4, 0.5) is 0 Å². The van der Waals surface area contributed by atoms with Gasteiger partial charge in [0.25, 0.3) is 0 Å². The second-order valence-electron chi connectivity index (χ2n) is 8.31. The molecule has 6 rings (SSSR count). The summed E-state index contributed by atoms with van der Waals surface area (Å²) in [5.74, 6) is 2.16.